The first-order valence-electron chi connectivity index (χ1n) is 8.89. The van der Waals surface area contributed by atoms with E-state index >= 15 is 0 Å². The third-order valence-electron chi connectivity index (χ3n) is 4.97. The summed E-state index contributed by atoms with van der Waals surface area (Å²) in [7, 11) is 0. The zero-order chi connectivity index (χ0) is 18.1. The van der Waals surface area contributed by atoms with Crippen LogP contribution in [0.25, 0.3) is 5.57 Å². The van der Waals surface area contributed by atoms with E-state index in [1.165, 1.54) is 0 Å². The Morgan fingerprint density at radius 2 is 1.85 bits per heavy atom. The van der Waals surface area contributed by atoms with Gasteiger partial charge in [-0.3, -0.25) is 9.59 Å². The van der Waals surface area contributed by atoms with Gasteiger partial charge in [-0.25, -0.2) is 0 Å². The number of hydrogen-bond acceptors (Lipinski definition) is 3. The lowest BCUT2D eigenvalue weighted by Gasteiger charge is -2.13. The van der Waals surface area contributed by atoms with Crippen LogP contribution in [-0.4, -0.2) is 16.9 Å². The molecule has 0 bridgehead atoms. The van der Waals surface area contributed by atoms with Crippen molar-refractivity contribution in [1.29, 1.82) is 5.26 Å². The number of carbonyl (C=O) groups excluding carboxylic acids is 1. The third kappa shape index (κ3) is 3.31. The minimum atomic E-state index is -0.0558. The van der Waals surface area contributed by atoms with Gasteiger partial charge in [-0.1, -0.05) is 24.3 Å². The summed E-state index contributed by atoms with van der Waals surface area (Å²) in [4.78, 5) is 27.0. The van der Waals surface area contributed by atoms with E-state index in [2.05, 4.69) is 16.4 Å². The number of hydrogen-bond donors (Lipinski definition) is 2. The number of benzene rings is 1. The van der Waals surface area contributed by atoms with E-state index in [1.807, 2.05) is 30.3 Å². The van der Waals surface area contributed by atoms with Crippen molar-refractivity contribution in [2.45, 2.75) is 37.6 Å². The van der Waals surface area contributed by atoms with Crippen molar-refractivity contribution < 1.29 is 4.79 Å². The van der Waals surface area contributed by atoms with Gasteiger partial charge in [0.25, 0.3) is 5.56 Å². The number of rotatable bonds is 4. The molecule has 2 heterocycles. The summed E-state index contributed by atoms with van der Waals surface area (Å²) < 4.78 is 0. The Morgan fingerprint density at radius 1 is 1.08 bits per heavy atom. The van der Waals surface area contributed by atoms with E-state index in [0.717, 1.165) is 41.7 Å². The van der Waals surface area contributed by atoms with Gasteiger partial charge in [0.15, 0.2) is 0 Å². The number of carbonyl (C=O) groups is 1. The van der Waals surface area contributed by atoms with Crippen molar-refractivity contribution in [3.63, 3.8) is 0 Å². The number of nitriles is 1. The number of H-pyrrole nitrogens is 1. The molecule has 1 aromatic heterocycles. The van der Waals surface area contributed by atoms with Gasteiger partial charge in [0.2, 0.25) is 5.91 Å². The number of nitrogens with one attached hydrogen (secondary N) is 2. The van der Waals surface area contributed by atoms with Crippen LogP contribution in [0.2, 0.25) is 0 Å². The fourth-order valence-corrected chi connectivity index (χ4v) is 3.39. The van der Waals surface area contributed by atoms with Crippen LogP contribution in [0.5, 0.6) is 0 Å². The van der Waals surface area contributed by atoms with Crippen LogP contribution in [0.1, 0.15) is 54.0 Å². The van der Waals surface area contributed by atoms with E-state index in [-0.39, 0.29) is 17.5 Å². The van der Waals surface area contributed by atoms with Crippen LogP contribution in [-0.2, 0) is 4.79 Å². The summed E-state index contributed by atoms with van der Waals surface area (Å²) in [5.41, 5.74) is 3.88. The lowest BCUT2D eigenvalue weighted by atomic mass is 9.97. The molecule has 2 aliphatic rings. The Labute approximate surface area is 151 Å². The standard InChI is InChI=1S/C21H19N3O2/c22-12-13-1-3-15(4-2-13)18(11-16-7-10-20(25)23-16)19-9-8-17(14-5-6-14)21(26)24-19/h1-4,8-9,11,14,16H,5-7,10H2,(H,23,25)(H,24,26)/b18-11+/t16-/m1/s1. The molecule has 1 aromatic carbocycles. The first-order chi connectivity index (χ1) is 12.6. The molecular formula is C21H19N3O2. The van der Waals surface area contributed by atoms with Gasteiger partial charge in [-0.15, -0.1) is 0 Å². The van der Waals surface area contributed by atoms with Crippen molar-refractivity contribution in [2.24, 2.45) is 0 Å². The summed E-state index contributed by atoms with van der Waals surface area (Å²) in [6.07, 6.45) is 5.40. The van der Waals surface area contributed by atoms with Crippen molar-refractivity contribution in [2.75, 3.05) is 0 Å². The second-order valence-corrected chi connectivity index (χ2v) is 6.91. The molecule has 26 heavy (non-hydrogen) atoms. The van der Waals surface area contributed by atoms with Gasteiger partial charge in [0, 0.05) is 29.3 Å². The average molecular weight is 345 g/mol. The maximum atomic E-state index is 12.5. The van der Waals surface area contributed by atoms with Gasteiger partial charge in [0.05, 0.1) is 11.6 Å². The van der Waals surface area contributed by atoms with Gasteiger partial charge in [0.1, 0.15) is 0 Å². The van der Waals surface area contributed by atoms with Crippen LogP contribution in [0.3, 0.4) is 0 Å². The van der Waals surface area contributed by atoms with Crippen molar-refractivity contribution >= 4 is 11.5 Å². The smallest absolute Gasteiger partial charge is 0.251 e. The molecule has 0 unspecified atom stereocenters. The number of amides is 1. The molecule has 130 valence electrons. The molecule has 1 atom stereocenters. The molecule has 4 rings (SSSR count). The highest BCUT2D eigenvalue weighted by atomic mass is 16.2. The Balaban J connectivity index is 1.75. The molecular weight excluding hydrogens is 326 g/mol. The number of nitrogens with zero attached hydrogens (tertiary/aromatic N) is 1. The fourth-order valence-electron chi connectivity index (χ4n) is 3.39. The SMILES string of the molecule is N#Cc1ccc(/C(=C\[C@H]2CCC(=O)N2)c2ccc(C3CC3)c(=O)[nH]2)cc1. The van der Waals surface area contributed by atoms with E-state index < -0.39 is 0 Å². The van der Waals surface area contributed by atoms with Gasteiger partial charge in [-0.05, 0) is 48.9 Å². The molecule has 5 nitrogen and oxygen atoms in total. The van der Waals surface area contributed by atoms with E-state index in [4.69, 9.17) is 5.26 Å². The zero-order valence-electron chi connectivity index (χ0n) is 14.3. The highest BCUT2D eigenvalue weighted by Gasteiger charge is 2.26. The second kappa shape index (κ2) is 6.64. The van der Waals surface area contributed by atoms with Gasteiger partial charge in [-0.2, -0.15) is 5.26 Å². The minimum Gasteiger partial charge on any atom is -0.350 e. The third-order valence-corrected chi connectivity index (χ3v) is 4.97. The topological polar surface area (TPSA) is 85.8 Å². The van der Waals surface area contributed by atoms with Crippen molar-refractivity contribution in [3.05, 3.63) is 75.2 Å². The Hall–Kier alpha value is -3.13. The largest absolute Gasteiger partial charge is 0.350 e. The second-order valence-electron chi connectivity index (χ2n) is 6.91. The number of aromatic amines is 1. The fraction of sp³-hybridized carbons (Fsp3) is 0.286. The summed E-state index contributed by atoms with van der Waals surface area (Å²) >= 11 is 0. The number of pyridine rings is 1. The monoisotopic (exact) mass is 345 g/mol. The molecule has 1 saturated carbocycles. The van der Waals surface area contributed by atoms with Crippen LogP contribution in [0.4, 0.5) is 0 Å². The van der Waals surface area contributed by atoms with E-state index in [9.17, 15) is 9.59 Å². The Morgan fingerprint density at radius 3 is 2.42 bits per heavy atom. The minimum absolute atomic E-state index is 0.0417. The van der Waals surface area contributed by atoms with E-state index in [0.29, 0.717) is 17.9 Å². The summed E-state index contributed by atoms with van der Waals surface area (Å²) in [5.74, 6) is 0.437. The highest BCUT2D eigenvalue weighted by molar-refractivity contribution is 5.82. The Kier molecular flexibility index (Phi) is 4.18. The molecule has 1 amide bonds. The molecule has 2 aromatic rings. The van der Waals surface area contributed by atoms with Crippen LogP contribution >= 0.6 is 0 Å². The number of aromatic nitrogens is 1. The van der Waals surface area contributed by atoms with Crippen LogP contribution in [0.15, 0.2) is 47.3 Å². The highest BCUT2D eigenvalue weighted by Crippen LogP contribution is 2.38. The normalized spacial score (nSPS) is 19.9. The van der Waals surface area contributed by atoms with E-state index in [1.54, 1.807) is 12.1 Å². The maximum Gasteiger partial charge on any atom is 0.251 e. The zero-order valence-corrected chi connectivity index (χ0v) is 14.3. The van der Waals surface area contributed by atoms with Crippen LogP contribution < -0.4 is 10.9 Å². The van der Waals surface area contributed by atoms with Gasteiger partial charge < -0.3 is 10.3 Å². The van der Waals surface area contributed by atoms with Crippen molar-refractivity contribution in [3.8, 4) is 6.07 Å². The first kappa shape index (κ1) is 16.3. The molecule has 2 N–H and O–H groups in total. The molecule has 0 spiro atoms. The van der Waals surface area contributed by atoms with Crippen LogP contribution in [0, 0.1) is 11.3 Å². The predicted octanol–water partition coefficient (Wildman–Crippen LogP) is 2.83. The summed E-state index contributed by atoms with van der Waals surface area (Å²) in [6, 6.07) is 13.2. The molecule has 0 radical (unpaired) electrons. The Bertz CT molecular complexity index is 976. The molecule has 1 saturated heterocycles. The molecule has 1 aliphatic carbocycles. The predicted molar refractivity (Wildman–Crippen MR) is 98.4 cm³/mol. The van der Waals surface area contributed by atoms with Crippen molar-refractivity contribution in [1.82, 2.24) is 10.3 Å². The average Bonchev–Trinajstić information content (AvgIpc) is 3.41. The lowest BCUT2D eigenvalue weighted by molar-refractivity contribution is -0.119. The van der Waals surface area contributed by atoms with Gasteiger partial charge >= 0.3 is 0 Å². The molecule has 5 heteroatoms. The summed E-state index contributed by atoms with van der Waals surface area (Å²) in [6.45, 7) is 0. The lowest BCUT2D eigenvalue weighted by Crippen LogP contribution is -2.23. The summed E-state index contributed by atoms with van der Waals surface area (Å²) in [5, 5.41) is 11.9. The molecule has 2 fully saturated rings. The molecule has 1 aliphatic heterocycles. The first-order valence-corrected chi connectivity index (χ1v) is 8.89. The quantitative estimate of drug-likeness (QED) is 0.893. The maximum absolute atomic E-state index is 12.5.